The molecule has 0 aliphatic carbocycles. The summed E-state index contributed by atoms with van der Waals surface area (Å²) in [7, 11) is 0. The fourth-order valence-corrected chi connectivity index (χ4v) is 9.32. The number of benzene rings is 10. The van der Waals surface area contributed by atoms with Gasteiger partial charge in [-0.2, -0.15) is 0 Å². The van der Waals surface area contributed by atoms with Crippen molar-refractivity contribution in [2.45, 2.75) is 0 Å². The quantitative estimate of drug-likeness (QED) is 0.169. The van der Waals surface area contributed by atoms with Gasteiger partial charge in [0.2, 0.25) is 0 Å². The van der Waals surface area contributed by atoms with Crippen LogP contribution in [0.3, 0.4) is 0 Å². The maximum atomic E-state index is 6.66. The lowest BCUT2D eigenvalue weighted by molar-refractivity contribution is 0.669. The maximum absolute atomic E-state index is 6.66. The highest BCUT2D eigenvalue weighted by Gasteiger charge is 2.27. The van der Waals surface area contributed by atoms with Crippen LogP contribution in [0.5, 0.6) is 0 Å². The van der Waals surface area contributed by atoms with E-state index in [9.17, 15) is 0 Å². The van der Waals surface area contributed by atoms with Gasteiger partial charge in [-0.15, -0.1) is 0 Å². The fraction of sp³-hybridized carbons (Fsp3) is 0. The van der Waals surface area contributed by atoms with E-state index < -0.39 is 0 Å². The zero-order valence-electron chi connectivity index (χ0n) is 32.1. The molecular formula is C56H36N2O. The Morgan fingerprint density at radius 2 is 0.983 bits per heavy atom. The van der Waals surface area contributed by atoms with Crippen LogP contribution in [0, 0.1) is 0 Å². The normalized spacial score (nSPS) is 11.7. The third kappa shape index (κ3) is 5.29. The van der Waals surface area contributed by atoms with Gasteiger partial charge in [-0.1, -0.05) is 164 Å². The second kappa shape index (κ2) is 13.4. The van der Waals surface area contributed by atoms with Crippen LogP contribution >= 0.6 is 0 Å². The molecule has 0 aliphatic rings. The molecule has 0 bridgehead atoms. The van der Waals surface area contributed by atoms with Crippen LogP contribution in [0.1, 0.15) is 0 Å². The molecule has 12 aromatic rings. The molecule has 3 nitrogen and oxygen atoms in total. The van der Waals surface area contributed by atoms with Crippen molar-refractivity contribution in [1.82, 2.24) is 4.57 Å². The van der Waals surface area contributed by atoms with Crippen molar-refractivity contribution in [3.05, 3.63) is 218 Å². The minimum atomic E-state index is 0.868. The molecule has 2 heterocycles. The Morgan fingerprint density at radius 3 is 1.71 bits per heavy atom. The summed E-state index contributed by atoms with van der Waals surface area (Å²) in [6, 6.07) is 78.8. The molecule has 0 spiro atoms. The Bertz CT molecular complexity index is 3490. The molecule has 276 valence electrons. The zero-order valence-corrected chi connectivity index (χ0v) is 32.1. The van der Waals surface area contributed by atoms with Crippen LogP contribution in [-0.4, -0.2) is 4.57 Å². The minimum Gasteiger partial charge on any atom is -0.456 e. The first-order valence-electron chi connectivity index (χ1n) is 20.2. The standard InChI is InChI=1S/C56H36N2O/c1-4-17-37(18-5-1)41-33-42(38-19-6-2-7-20-38)35-44(34-41)58-50-29-16-28-49(53(50)48-32-31-39-21-10-12-25-45(39)55(48)58)57(43-23-8-3-9-24-43)56-46-26-13-11-22-40(46)36-52-54(56)47-27-14-15-30-51(47)59-52/h1-36H. The molecule has 0 saturated carbocycles. The largest absolute Gasteiger partial charge is 0.456 e. The highest BCUT2D eigenvalue weighted by Crippen LogP contribution is 2.51. The zero-order chi connectivity index (χ0) is 38.9. The van der Waals surface area contributed by atoms with E-state index in [0.29, 0.717) is 0 Å². The molecule has 0 N–H and O–H groups in total. The van der Waals surface area contributed by atoms with E-state index in [-0.39, 0.29) is 0 Å². The summed E-state index contributed by atoms with van der Waals surface area (Å²) in [5, 5.41) is 9.25. The first kappa shape index (κ1) is 33.3. The smallest absolute Gasteiger partial charge is 0.138 e. The third-order valence-electron chi connectivity index (χ3n) is 11.9. The van der Waals surface area contributed by atoms with E-state index in [1.807, 2.05) is 0 Å². The van der Waals surface area contributed by atoms with E-state index in [2.05, 4.69) is 228 Å². The van der Waals surface area contributed by atoms with E-state index >= 15 is 0 Å². The molecule has 12 rings (SSSR count). The summed E-state index contributed by atoms with van der Waals surface area (Å²) < 4.78 is 9.16. The van der Waals surface area contributed by atoms with Gasteiger partial charge in [-0.25, -0.2) is 0 Å². The second-order valence-corrected chi connectivity index (χ2v) is 15.3. The average Bonchev–Trinajstić information content (AvgIpc) is 3.86. The van der Waals surface area contributed by atoms with Crippen LogP contribution in [0.2, 0.25) is 0 Å². The molecule has 0 unspecified atom stereocenters. The lowest BCUT2D eigenvalue weighted by Gasteiger charge is -2.28. The summed E-state index contributed by atoms with van der Waals surface area (Å²) in [6.07, 6.45) is 0. The molecule has 0 radical (unpaired) electrons. The molecule has 0 amide bonds. The summed E-state index contributed by atoms with van der Waals surface area (Å²) in [6.45, 7) is 0. The third-order valence-corrected chi connectivity index (χ3v) is 11.9. The second-order valence-electron chi connectivity index (χ2n) is 15.3. The highest BCUT2D eigenvalue weighted by atomic mass is 16.3. The van der Waals surface area contributed by atoms with Gasteiger partial charge in [0, 0.05) is 38.3 Å². The van der Waals surface area contributed by atoms with Crippen molar-refractivity contribution in [2.24, 2.45) is 0 Å². The number of hydrogen-bond acceptors (Lipinski definition) is 2. The van der Waals surface area contributed by atoms with E-state index in [4.69, 9.17) is 4.42 Å². The van der Waals surface area contributed by atoms with Crippen molar-refractivity contribution in [2.75, 3.05) is 4.90 Å². The highest BCUT2D eigenvalue weighted by molar-refractivity contribution is 6.26. The maximum Gasteiger partial charge on any atom is 0.138 e. The van der Waals surface area contributed by atoms with Crippen molar-refractivity contribution >= 4 is 82.4 Å². The Labute approximate surface area is 341 Å². The Kier molecular flexibility index (Phi) is 7.54. The topological polar surface area (TPSA) is 21.3 Å². The molecular weight excluding hydrogens is 717 g/mol. The van der Waals surface area contributed by atoms with Crippen LogP contribution in [0.25, 0.3) is 93.2 Å². The van der Waals surface area contributed by atoms with Gasteiger partial charge in [0.15, 0.2) is 0 Å². The predicted octanol–water partition coefficient (Wildman–Crippen LogP) is 15.8. The van der Waals surface area contributed by atoms with Crippen LogP contribution in [0.15, 0.2) is 223 Å². The number of rotatable bonds is 6. The Morgan fingerprint density at radius 1 is 0.373 bits per heavy atom. The van der Waals surface area contributed by atoms with Gasteiger partial charge in [0.05, 0.1) is 27.8 Å². The van der Waals surface area contributed by atoms with Gasteiger partial charge in [-0.05, 0) is 87.6 Å². The van der Waals surface area contributed by atoms with Crippen LogP contribution in [0.4, 0.5) is 17.1 Å². The molecule has 0 aliphatic heterocycles. The summed E-state index contributed by atoms with van der Waals surface area (Å²) in [5.41, 5.74) is 13.1. The Hall–Kier alpha value is -7.88. The number of nitrogens with zero attached hydrogens (tertiary/aromatic N) is 2. The molecule has 3 heteroatoms. The fourth-order valence-electron chi connectivity index (χ4n) is 9.32. The van der Waals surface area contributed by atoms with Gasteiger partial charge in [0.25, 0.3) is 0 Å². The van der Waals surface area contributed by atoms with Crippen LogP contribution in [-0.2, 0) is 0 Å². The lowest BCUT2D eigenvalue weighted by atomic mass is 9.98. The van der Waals surface area contributed by atoms with E-state index in [0.717, 1.165) is 61.0 Å². The molecule has 0 fully saturated rings. The minimum absolute atomic E-state index is 0.868. The molecule has 0 atom stereocenters. The predicted molar refractivity (Wildman–Crippen MR) is 249 cm³/mol. The lowest BCUT2D eigenvalue weighted by Crippen LogP contribution is -2.11. The first-order valence-corrected chi connectivity index (χ1v) is 20.2. The van der Waals surface area contributed by atoms with Gasteiger partial charge in [-0.3, -0.25) is 0 Å². The summed E-state index contributed by atoms with van der Waals surface area (Å²) in [4.78, 5) is 2.48. The molecule has 59 heavy (non-hydrogen) atoms. The SMILES string of the molecule is c1ccc(-c2cc(-c3ccccc3)cc(-n3c4cccc(N(c5ccccc5)c5c6ccccc6cc6oc7ccccc7c56)c4c4ccc5ccccc5c43)c2)cc1. The van der Waals surface area contributed by atoms with Crippen molar-refractivity contribution in [1.29, 1.82) is 0 Å². The van der Waals surface area contributed by atoms with Gasteiger partial charge < -0.3 is 13.9 Å². The summed E-state index contributed by atoms with van der Waals surface area (Å²) in [5.74, 6) is 0. The number of fused-ring (bicyclic) bond motifs is 9. The number of para-hydroxylation sites is 2. The number of anilines is 3. The number of hydrogen-bond donors (Lipinski definition) is 0. The van der Waals surface area contributed by atoms with Crippen LogP contribution < -0.4 is 4.90 Å². The van der Waals surface area contributed by atoms with Crippen molar-refractivity contribution < 1.29 is 4.42 Å². The molecule has 10 aromatic carbocycles. The first-order chi connectivity index (χ1) is 29.3. The van der Waals surface area contributed by atoms with E-state index in [1.54, 1.807) is 0 Å². The van der Waals surface area contributed by atoms with Crippen molar-refractivity contribution in [3.63, 3.8) is 0 Å². The molecule has 2 aromatic heterocycles. The Balaban J connectivity index is 1.24. The number of aromatic nitrogens is 1. The average molecular weight is 753 g/mol. The monoisotopic (exact) mass is 752 g/mol. The van der Waals surface area contributed by atoms with E-state index in [1.165, 1.54) is 49.3 Å². The van der Waals surface area contributed by atoms with Gasteiger partial charge >= 0.3 is 0 Å². The van der Waals surface area contributed by atoms with Gasteiger partial charge in [0.1, 0.15) is 11.2 Å². The summed E-state index contributed by atoms with van der Waals surface area (Å²) >= 11 is 0. The van der Waals surface area contributed by atoms with Crippen molar-refractivity contribution in [3.8, 4) is 27.9 Å². The number of furan rings is 1. The molecule has 0 saturated heterocycles.